The highest BCUT2D eigenvalue weighted by Gasteiger charge is 2.14. The van der Waals surface area contributed by atoms with Crippen LogP contribution in [0, 0.1) is 10.1 Å². The summed E-state index contributed by atoms with van der Waals surface area (Å²) >= 11 is 5.10. The maximum absolute atomic E-state index is 12.1. The molecule has 7 nitrogen and oxygen atoms in total. The standard InChI is InChI=1S/C16H18BrN3O4S/c1-19(10-12-4-6-15(17)25-12)8-7-16(21)18-13-5-3-11(20(22)23)9-14(13)24-2/h3-6,9H,7-8,10H2,1-2H3,(H,18,21). The van der Waals surface area contributed by atoms with Gasteiger partial charge in [-0.2, -0.15) is 0 Å². The van der Waals surface area contributed by atoms with Gasteiger partial charge in [-0.3, -0.25) is 14.9 Å². The van der Waals surface area contributed by atoms with Crippen LogP contribution in [0.3, 0.4) is 0 Å². The van der Waals surface area contributed by atoms with E-state index in [2.05, 4.69) is 26.1 Å². The molecule has 0 aliphatic heterocycles. The van der Waals surface area contributed by atoms with E-state index in [-0.39, 0.29) is 17.3 Å². The number of thiophene rings is 1. The van der Waals surface area contributed by atoms with Crippen LogP contribution in [0.2, 0.25) is 0 Å². The Labute approximate surface area is 157 Å². The van der Waals surface area contributed by atoms with Crippen molar-refractivity contribution in [2.75, 3.05) is 26.0 Å². The lowest BCUT2D eigenvalue weighted by molar-refractivity contribution is -0.384. The lowest BCUT2D eigenvalue weighted by Crippen LogP contribution is -2.23. The number of carbonyl (C=O) groups is 1. The Kier molecular flexibility index (Phi) is 6.91. The van der Waals surface area contributed by atoms with Crippen molar-refractivity contribution in [2.24, 2.45) is 0 Å². The number of hydrogen-bond donors (Lipinski definition) is 1. The highest BCUT2D eigenvalue weighted by Crippen LogP contribution is 2.29. The number of non-ortho nitro benzene ring substituents is 1. The number of nitrogens with one attached hydrogen (secondary N) is 1. The summed E-state index contributed by atoms with van der Waals surface area (Å²) in [4.78, 5) is 25.7. The zero-order valence-electron chi connectivity index (χ0n) is 13.8. The van der Waals surface area contributed by atoms with Crippen molar-refractivity contribution in [3.63, 3.8) is 0 Å². The fraction of sp³-hybridized carbons (Fsp3) is 0.312. The number of amides is 1. The van der Waals surface area contributed by atoms with E-state index in [1.165, 1.54) is 30.2 Å². The number of nitrogens with zero attached hydrogens (tertiary/aromatic N) is 2. The van der Waals surface area contributed by atoms with E-state index in [0.717, 1.165) is 10.3 Å². The molecule has 1 aromatic carbocycles. The second kappa shape index (κ2) is 8.93. The third kappa shape index (κ3) is 5.80. The van der Waals surface area contributed by atoms with E-state index >= 15 is 0 Å². The number of carbonyl (C=O) groups excluding carboxylic acids is 1. The fourth-order valence-electron chi connectivity index (χ4n) is 2.18. The molecule has 0 spiro atoms. The summed E-state index contributed by atoms with van der Waals surface area (Å²) in [5.41, 5.74) is 0.333. The zero-order chi connectivity index (χ0) is 18.4. The Balaban J connectivity index is 1.88. The first-order chi connectivity index (χ1) is 11.9. The highest BCUT2D eigenvalue weighted by atomic mass is 79.9. The highest BCUT2D eigenvalue weighted by molar-refractivity contribution is 9.11. The van der Waals surface area contributed by atoms with Gasteiger partial charge in [0.25, 0.3) is 5.69 Å². The predicted molar refractivity (Wildman–Crippen MR) is 101 cm³/mol. The maximum Gasteiger partial charge on any atom is 0.273 e. The van der Waals surface area contributed by atoms with E-state index in [4.69, 9.17) is 4.74 Å². The molecule has 9 heteroatoms. The third-order valence-corrected chi connectivity index (χ3v) is 5.05. The molecule has 1 N–H and O–H groups in total. The Morgan fingerprint density at radius 1 is 1.40 bits per heavy atom. The van der Waals surface area contributed by atoms with Crippen molar-refractivity contribution in [3.05, 3.63) is 49.1 Å². The van der Waals surface area contributed by atoms with Crippen molar-refractivity contribution in [1.82, 2.24) is 4.90 Å². The van der Waals surface area contributed by atoms with E-state index in [1.54, 1.807) is 11.3 Å². The largest absolute Gasteiger partial charge is 0.494 e. The van der Waals surface area contributed by atoms with Gasteiger partial charge in [0.15, 0.2) is 0 Å². The van der Waals surface area contributed by atoms with Crippen molar-refractivity contribution in [1.29, 1.82) is 0 Å². The fourth-order valence-corrected chi connectivity index (χ4v) is 3.75. The first kappa shape index (κ1) is 19.4. The molecule has 0 aliphatic rings. The molecular weight excluding hydrogens is 410 g/mol. The quantitative estimate of drug-likeness (QED) is 0.510. The third-order valence-electron chi connectivity index (χ3n) is 3.45. The summed E-state index contributed by atoms with van der Waals surface area (Å²) in [6.07, 6.45) is 0.309. The number of hydrogen-bond acceptors (Lipinski definition) is 6. The van der Waals surface area contributed by atoms with Crippen molar-refractivity contribution >= 4 is 44.5 Å². The number of nitro benzene ring substituents is 1. The number of benzene rings is 1. The first-order valence-corrected chi connectivity index (χ1v) is 9.05. The van der Waals surface area contributed by atoms with Gasteiger partial charge in [-0.05, 0) is 41.2 Å². The molecule has 25 heavy (non-hydrogen) atoms. The number of ether oxygens (including phenoxy) is 1. The average molecular weight is 428 g/mol. The van der Waals surface area contributed by atoms with Gasteiger partial charge in [0.2, 0.25) is 5.91 Å². The van der Waals surface area contributed by atoms with Crippen LogP contribution >= 0.6 is 27.3 Å². The van der Waals surface area contributed by atoms with Gasteiger partial charge in [0, 0.05) is 30.5 Å². The molecule has 0 fully saturated rings. The Morgan fingerprint density at radius 2 is 2.16 bits per heavy atom. The van der Waals surface area contributed by atoms with E-state index in [1.807, 2.05) is 19.2 Å². The first-order valence-electron chi connectivity index (χ1n) is 7.44. The molecule has 0 saturated heterocycles. The van der Waals surface area contributed by atoms with Crippen LogP contribution < -0.4 is 10.1 Å². The van der Waals surface area contributed by atoms with E-state index in [9.17, 15) is 14.9 Å². The second-order valence-corrected chi connectivity index (χ2v) is 7.93. The van der Waals surface area contributed by atoms with Gasteiger partial charge >= 0.3 is 0 Å². The lowest BCUT2D eigenvalue weighted by atomic mass is 10.2. The molecule has 0 bridgehead atoms. The topological polar surface area (TPSA) is 84.7 Å². The summed E-state index contributed by atoms with van der Waals surface area (Å²) in [6, 6.07) is 8.14. The van der Waals surface area contributed by atoms with Crippen LogP contribution in [0.25, 0.3) is 0 Å². The van der Waals surface area contributed by atoms with Crippen LogP contribution in [0.4, 0.5) is 11.4 Å². The molecule has 0 unspecified atom stereocenters. The van der Waals surface area contributed by atoms with E-state index in [0.29, 0.717) is 18.7 Å². The van der Waals surface area contributed by atoms with Crippen molar-refractivity contribution < 1.29 is 14.5 Å². The minimum absolute atomic E-state index is 0.0864. The van der Waals surface area contributed by atoms with Gasteiger partial charge in [0.05, 0.1) is 27.6 Å². The predicted octanol–water partition coefficient (Wildman–Crippen LogP) is 3.89. The minimum atomic E-state index is -0.508. The Hall–Kier alpha value is -1.97. The molecule has 134 valence electrons. The number of rotatable bonds is 8. The number of nitro groups is 1. The van der Waals surface area contributed by atoms with E-state index < -0.39 is 4.92 Å². The molecule has 2 rings (SSSR count). The normalized spacial score (nSPS) is 10.7. The number of halogens is 1. The Morgan fingerprint density at radius 3 is 2.76 bits per heavy atom. The van der Waals surface area contributed by atoms with Gasteiger partial charge in [-0.15, -0.1) is 11.3 Å². The van der Waals surface area contributed by atoms with Crippen LogP contribution in [0.15, 0.2) is 34.1 Å². The molecule has 1 aromatic heterocycles. The second-order valence-electron chi connectivity index (χ2n) is 5.38. The smallest absolute Gasteiger partial charge is 0.273 e. The van der Waals surface area contributed by atoms with Crippen LogP contribution in [-0.2, 0) is 11.3 Å². The number of anilines is 1. The summed E-state index contributed by atoms with van der Waals surface area (Å²) in [6.45, 7) is 1.36. The molecule has 0 radical (unpaired) electrons. The molecular formula is C16H18BrN3O4S. The molecule has 1 heterocycles. The van der Waals surface area contributed by atoms with Gasteiger partial charge in [-0.1, -0.05) is 0 Å². The molecule has 2 aromatic rings. The monoisotopic (exact) mass is 427 g/mol. The van der Waals surface area contributed by atoms with Crippen molar-refractivity contribution in [2.45, 2.75) is 13.0 Å². The average Bonchev–Trinajstić information content (AvgIpc) is 2.98. The molecule has 0 saturated carbocycles. The van der Waals surface area contributed by atoms with Gasteiger partial charge < -0.3 is 15.0 Å². The van der Waals surface area contributed by atoms with Crippen molar-refractivity contribution in [3.8, 4) is 5.75 Å². The lowest BCUT2D eigenvalue weighted by Gasteiger charge is -2.15. The zero-order valence-corrected chi connectivity index (χ0v) is 16.2. The van der Waals surface area contributed by atoms with Gasteiger partial charge in [-0.25, -0.2) is 0 Å². The summed E-state index contributed by atoms with van der Waals surface area (Å²) in [5.74, 6) is 0.0886. The van der Waals surface area contributed by atoms with Crippen LogP contribution in [0.1, 0.15) is 11.3 Å². The molecule has 0 aliphatic carbocycles. The SMILES string of the molecule is COc1cc([N+](=O)[O-])ccc1NC(=O)CCN(C)Cc1ccc(Br)s1. The molecule has 1 amide bonds. The van der Waals surface area contributed by atoms with Crippen LogP contribution in [-0.4, -0.2) is 36.4 Å². The summed E-state index contributed by atoms with van der Waals surface area (Å²) in [5, 5.41) is 13.5. The summed E-state index contributed by atoms with van der Waals surface area (Å²) < 4.78 is 6.19. The summed E-state index contributed by atoms with van der Waals surface area (Å²) in [7, 11) is 3.36. The molecule has 0 atom stereocenters. The maximum atomic E-state index is 12.1. The Bertz CT molecular complexity index is 766. The van der Waals surface area contributed by atoms with Crippen LogP contribution in [0.5, 0.6) is 5.75 Å². The minimum Gasteiger partial charge on any atom is -0.494 e. The van der Waals surface area contributed by atoms with Gasteiger partial charge in [0.1, 0.15) is 5.75 Å². The number of methoxy groups -OCH3 is 1.